The predicted molar refractivity (Wildman–Crippen MR) is 100 cm³/mol. The summed E-state index contributed by atoms with van der Waals surface area (Å²) < 4.78 is 0. The smallest absolute Gasteiger partial charge is 0.0201 e. The van der Waals surface area contributed by atoms with Crippen molar-refractivity contribution in [3.8, 4) is 0 Å². The molecule has 0 saturated carbocycles. The van der Waals surface area contributed by atoms with Gasteiger partial charge in [-0.05, 0) is 74.8 Å². The van der Waals surface area contributed by atoms with Crippen molar-refractivity contribution < 1.29 is 0 Å². The van der Waals surface area contributed by atoms with Crippen LogP contribution >= 0.6 is 0 Å². The van der Waals surface area contributed by atoms with Crippen LogP contribution < -0.4 is 0 Å². The summed E-state index contributed by atoms with van der Waals surface area (Å²) in [5, 5.41) is 0. The molecule has 0 aliphatic carbocycles. The molecule has 0 aromatic heterocycles. The third kappa shape index (κ3) is 4.49. The lowest BCUT2D eigenvalue weighted by Crippen LogP contribution is -2.54. The van der Waals surface area contributed by atoms with E-state index < -0.39 is 0 Å². The molecule has 22 heavy (non-hydrogen) atoms. The van der Waals surface area contributed by atoms with Gasteiger partial charge in [0, 0.05) is 5.54 Å². The van der Waals surface area contributed by atoms with Crippen LogP contribution in [0.2, 0.25) is 0 Å². The standard InChI is InChI=1S/C21H43N/c1-16-12-11-14-22(21(9,10)20(6,7)8)15-13-18(16)17(2)19(3,4)5/h16-18H,11-15H2,1-10H3. The maximum Gasteiger partial charge on any atom is 0.0201 e. The SMILES string of the molecule is CC1CCCN(C(C)(C)C(C)(C)C)CCC1C(C)C(C)(C)C. The van der Waals surface area contributed by atoms with E-state index >= 15 is 0 Å². The van der Waals surface area contributed by atoms with Crippen LogP contribution in [0.25, 0.3) is 0 Å². The number of nitrogens with zero attached hydrogens (tertiary/aromatic N) is 1. The summed E-state index contributed by atoms with van der Waals surface area (Å²) in [4.78, 5) is 2.78. The second kappa shape index (κ2) is 6.83. The quantitative estimate of drug-likeness (QED) is 0.584. The van der Waals surface area contributed by atoms with Crippen LogP contribution in [0.3, 0.4) is 0 Å². The summed E-state index contributed by atoms with van der Waals surface area (Å²) in [6.07, 6.45) is 4.11. The lowest BCUT2D eigenvalue weighted by Gasteiger charge is -2.50. The number of rotatable bonds is 2. The molecule has 3 unspecified atom stereocenters. The molecule has 0 aromatic carbocycles. The van der Waals surface area contributed by atoms with Crippen LogP contribution in [0.15, 0.2) is 0 Å². The molecule has 0 bridgehead atoms. The average molecular weight is 310 g/mol. The molecule has 0 spiro atoms. The van der Waals surface area contributed by atoms with Crippen molar-refractivity contribution in [1.82, 2.24) is 4.90 Å². The molecule has 0 radical (unpaired) electrons. The van der Waals surface area contributed by atoms with Crippen LogP contribution in [-0.4, -0.2) is 23.5 Å². The molecule has 132 valence electrons. The Hall–Kier alpha value is -0.0400. The number of likely N-dealkylation sites (tertiary alicyclic amines) is 1. The Bertz CT molecular complexity index is 340. The Labute approximate surface area is 141 Å². The lowest BCUT2D eigenvalue weighted by atomic mass is 9.67. The zero-order valence-corrected chi connectivity index (χ0v) is 17.2. The van der Waals surface area contributed by atoms with E-state index in [1.54, 1.807) is 0 Å². The van der Waals surface area contributed by atoms with E-state index in [2.05, 4.69) is 74.1 Å². The van der Waals surface area contributed by atoms with Gasteiger partial charge in [0.25, 0.3) is 0 Å². The molecule has 1 nitrogen and oxygen atoms in total. The topological polar surface area (TPSA) is 3.24 Å². The van der Waals surface area contributed by atoms with Crippen molar-refractivity contribution in [3.63, 3.8) is 0 Å². The first-order valence-electron chi connectivity index (χ1n) is 9.53. The highest BCUT2D eigenvalue weighted by Gasteiger charge is 2.40. The van der Waals surface area contributed by atoms with E-state index in [1.807, 2.05) is 0 Å². The van der Waals surface area contributed by atoms with Crippen molar-refractivity contribution in [2.24, 2.45) is 28.6 Å². The first kappa shape index (κ1) is 20.0. The van der Waals surface area contributed by atoms with E-state index in [-0.39, 0.29) is 5.54 Å². The molecule has 1 rings (SSSR count). The van der Waals surface area contributed by atoms with Crippen molar-refractivity contribution in [2.45, 2.75) is 94.0 Å². The van der Waals surface area contributed by atoms with E-state index in [9.17, 15) is 0 Å². The van der Waals surface area contributed by atoms with Crippen LogP contribution in [0, 0.1) is 28.6 Å². The zero-order chi connectivity index (χ0) is 17.3. The third-order valence-electron chi connectivity index (χ3n) is 7.18. The van der Waals surface area contributed by atoms with Gasteiger partial charge in [0.2, 0.25) is 0 Å². The highest BCUT2D eigenvalue weighted by molar-refractivity contribution is 4.94. The fourth-order valence-corrected chi connectivity index (χ4v) is 3.94. The summed E-state index contributed by atoms with van der Waals surface area (Å²) >= 11 is 0. The van der Waals surface area contributed by atoms with Crippen LogP contribution in [0.5, 0.6) is 0 Å². The van der Waals surface area contributed by atoms with Gasteiger partial charge in [-0.2, -0.15) is 0 Å². The Morgan fingerprint density at radius 3 is 1.86 bits per heavy atom. The number of hydrogen-bond acceptors (Lipinski definition) is 1. The van der Waals surface area contributed by atoms with E-state index in [1.165, 1.54) is 32.4 Å². The van der Waals surface area contributed by atoms with E-state index in [0.29, 0.717) is 10.8 Å². The van der Waals surface area contributed by atoms with E-state index in [0.717, 1.165) is 17.8 Å². The second-order valence-electron chi connectivity index (χ2n) is 10.5. The molecule has 0 aromatic rings. The van der Waals surface area contributed by atoms with Crippen molar-refractivity contribution in [3.05, 3.63) is 0 Å². The molecule has 1 aliphatic rings. The minimum absolute atomic E-state index is 0.267. The van der Waals surface area contributed by atoms with Gasteiger partial charge in [0.05, 0.1) is 0 Å². The fraction of sp³-hybridized carbons (Fsp3) is 1.00. The van der Waals surface area contributed by atoms with Gasteiger partial charge >= 0.3 is 0 Å². The molecule has 3 atom stereocenters. The molecule has 1 fully saturated rings. The Morgan fingerprint density at radius 1 is 0.864 bits per heavy atom. The summed E-state index contributed by atoms with van der Waals surface area (Å²) in [6, 6.07) is 0. The lowest BCUT2D eigenvalue weighted by molar-refractivity contribution is -0.00368. The largest absolute Gasteiger partial charge is 0.298 e. The molecule has 1 aliphatic heterocycles. The van der Waals surface area contributed by atoms with Gasteiger partial charge in [0.1, 0.15) is 0 Å². The summed E-state index contributed by atoms with van der Waals surface area (Å²) in [7, 11) is 0. The van der Waals surface area contributed by atoms with Gasteiger partial charge in [0.15, 0.2) is 0 Å². The number of hydrogen-bond donors (Lipinski definition) is 0. The fourth-order valence-electron chi connectivity index (χ4n) is 3.94. The monoisotopic (exact) mass is 309 g/mol. The maximum absolute atomic E-state index is 2.78. The Morgan fingerprint density at radius 2 is 1.41 bits per heavy atom. The van der Waals surface area contributed by atoms with Gasteiger partial charge in [-0.15, -0.1) is 0 Å². The van der Waals surface area contributed by atoms with Crippen molar-refractivity contribution in [2.75, 3.05) is 13.1 Å². The molecule has 1 saturated heterocycles. The first-order chi connectivity index (χ1) is 9.78. The Kier molecular flexibility index (Phi) is 6.21. The van der Waals surface area contributed by atoms with Crippen LogP contribution in [0.4, 0.5) is 0 Å². The summed E-state index contributed by atoms with van der Waals surface area (Å²) in [5.41, 5.74) is 1.01. The molecular formula is C21H43N. The van der Waals surface area contributed by atoms with Crippen LogP contribution in [0.1, 0.15) is 88.5 Å². The van der Waals surface area contributed by atoms with Crippen molar-refractivity contribution >= 4 is 0 Å². The highest BCUT2D eigenvalue weighted by atomic mass is 15.2. The molecular weight excluding hydrogens is 266 g/mol. The minimum atomic E-state index is 0.267. The molecule has 0 N–H and O–H groups in total. The Balaban J connectivity index is 2.89. The first-order valence-corrected chi connectivity index (χ1v) is 9.53. The van der Waals surface area contributed by atoms with Gasteiger partial charge in [-0.1, -0.05) is 55.4 Å². The van der Waals surface area contributed by atoms with Crippen molar-refractivity contribution in [1.29, 1.82) is 0 Å². The highest BCUT2D eigenvalue weighted by Crippen LogP contribution is 2.42. The molecule has 1 heterocycles. The zero-order valence-electron chi connectivity index (χ0n) is 17.2. The predicted octanol–water partition coefficient (Wildman–Crippen LogP) is 6.23. The normalized spacial score (nSPS) is 28.1. The molecule has 1 heteroatoms. The maximum atomic E-state index is 2.78. The van der Waals surface area contributed by atoms with E-state index in [4.69, 9.17) is 0 Å². The van der Waals surface area contributed by atoms with Crippen LogP contribution in [-0.2, 0) is 0 Å². The van der Waals surface area contributed by atoms with Gasteiger partial charge in [-0.3, -0.25) is 4.90 Å². The molecule has 0 amide bonds. The average Bonchev–Trinajstić information content (AvgIpc) is 2.30. The third-order valence-corrected chi connectivity index (χ3v) is 7.18. The van der Waals surface area contributed by atoms with Gasteiger partial charge < -0.3 is 0 Å². The van der Waals surface area contributed by atoms with Gasteiger partial charge in [-0.25, -0.2) is 0 Å². The second-order valence-corrected chi connectivity index (χ2v) is 10.5. The minimum Gasteiger partial charge on any atom is -0.298 e. The summed E-state index contributed by atoms with van der Waals surface area (Å²) in [6.45, 7) is 26.8. The summed E-state index contributed by atoms with van der Waals surface area (Å²) in [5.74, 6) is 2.52.